The van der Waals surface area contributed by atoms with Crippen molar-refractivity contribution in [2.45, 2.75) is 44.7 Å². The van der Waals surface area contributed by atoms with Gasteiger partial charge in [-0.05, 0) is 56.3 Å². The molecule has 4 aliphatic carbocycles. The summed E-state index contributed by atoms with van der Waals surface area (Å²) in [6.45, 7) is 0. The van der Waals surface area contributed by atoms with Crippen molar-refractivity contribution in [3.05, 3.63) is 15.9 Å². The minimum Gasteiger partial charge on any atom is -0.327 e. The quantitative estimate of drug-likeness (QED) is 0.838. The van der Waals surface area contributed by atoms with Gasteiger partial charge < -0.3 is 4.98 Å². The van der Waals surface area contributed by atoms with E-state index in [4.69, 9.17) is 0 Å². The maximum atomic E-state index is 12.7. The minimum atomic E-state index is -4.42. The normalized spacial score (nSPS) is 37.8. The van der Waals surface area contributed by atoms with E-state index in [1.165, 1.54) is 19.3 Å². The lowest BCUT2D eigenvalue weighted by atomic mass is 9.49. The van der Waals surface area contributed by atoms with Crippen molar-refractivity contribution in [2.24, 2.45) is 28.2 Å². The lowest BCUT2D eigenvalue weighted by Gasteiger charge is -2.55. The second kappa shape index (κ2) is 4.69. The van der Waals surface area contributed by atoms with Crippen molar-refractivity contribution in [1.29, 1.82) is 0 Å². The lowest BCUT2D eigenvalue weighted by Crippen LogP contribution is -2.49. The van der Waals surface area contributed by atoms with E-state index in [1.54, 1.807) is 0 Å². The smallest absolute Gasteiger partial charge is 0.327 e. The number of aromatic amines is 1. The zero-order valence-corrected chi connectivity index (χ0v) is 12.8. The molecule has 22 heavy (non-hydrogen) atoms. The molecule has 120 valence electrons. The predicted octanol–water partition coefficient (Wildman–Crippen LogP) is 3.74. The first kappa shape index (κ1) is 14.5. The Bertz CT molecular complexity index is 638. The third-order valence-electron chi connectivity index (χ3n) is 5.53. The second-order valence-electron chi connectivity index (χ2n) is 7.19. The van der Waals surface area contributed by atoms with E-state index in [0.29, 0.717) is 17.8 Å². The number of rotatable bonds is 1. The molecule has 0 aromatic carbocycles. The highest BCUT2D eigenvalue weighted by molar-refractivity contribution is 7.07. The summed E-state index contributed by atoms with van der Waals surface area (Å²) in [5.74, 6) is 1.63. The van der Waals surface area contributed by atoms with Crippen molar-refractivity contribution in [3.63, 3.8) is 0 Å². The van der Waals surface area contributed by atoms with Crippen LogP contribution in [0.3, 0.4) is 0 Å². The van der Waals surface area contributed by atoms with Crippen molar-refractivity contribution in [2.75, 3.05) is 0 Å². The summed E-state index contributed by atoms with van der Waals surface area (Å²) in [5.41, 5.74) is -1.24. The van der Waals surface area contributed by atoms with Gasteiger partial charge in [0.2, 0.25) is 0 Å². The summed E-state index contributed by atoms with van der Waals surface area (Å²) in [5, 5.41) is 0.978. The van der Waals surface area contributed by atoms with Gasteiger partial charge >= 0.3 is 6.18 Å². The first-order chi connectivity index (χ1) is 10.3. The third-order valence-corrected chi connectivity index (χ3v) is 6.30. The van der Waals surface area contributed by atoms with Gasteiger partial charge in [-0.25, -0.2) is 0 Å². The van der Waals surface area contributed by atoms with Gasteiger partial charge in [-0.2, -0.15) is 18.2 Å². The average Bonchev–Trinajstić information content (AvgIpc) is 2.85. The number of alkyl halides is 3. The van der Waals surface area contributed by atoms with Crippen LogP contribution in [-0.2, 0) is 11.0 Å². The van der Waals surface area contributed by atoms with Gasteiger partial charge in [0.05, 0.1) is 5.41 Å². The minimum absolute atomic E-state index is 0.0630. The number of amides is 1. The van der Waals surface area contributed by atoms with Crippen LogP contribution in [0.1, 0.15) is 44.2 Å². The fraction of sp³-hybridized carbons (Fsp3) is 0.733. The van der Waals surface area contributed by atoms with Crippen molar-refractivity contribution in [3.8, 4) is 0 Å². The Morgan fingerprint density at radius 2 is 1.73 bits per heavy atom. The monoisotopic (exact) mass is 330 g/mol. The fourth-order valence-corrected chi connectivity index (χ4v) is 5.79. The standard InChI is InChI=1S/C15H17F3N2OS/c16-15(17,18)11-7-22-13(19-11)20-12(21)14-4-8-1-9(5-14)3-10(2-8)6-14/h7-10H,1-6H2,(H,19,20,21). The number of thiazole rings is 1. The largest absolute Gasteiger partial charge is 0.432 e. The Morgan fingerprint density at radius 1 is 1.18 bits per heavy atom. The summed E-state index contributed by atoms with van der Waals surface area (Å²) < 4.78 is 37.8. The molecule has 0 atom stereocenters. The number of aromatic nitrogens is 1. The molecule has 0 saturated heterocycles. The number of hydrogen-bond acceptors (Lipinski definition) is 2. The first-order valence-electron chi connectivity index (χ1n) is 7.68. The molecule has 4 saturated carbocycles. The number of hydrogen-bond donors (Lipinski definition) is 1. The highest BCUT2D eigenvalue weighted by Crippen LogP contribution is 2.60. The molecule has 0 aliphatic heterocycles. The van der Waals surface area contributed by atoms with E-state index in [0.717, 1.165) is 36.0 Å². The van der Waals surface area contributed by atoms with Crippen molar-refractivity contribution in [1.82, 2.24) is 4.98 Å². The van der Waals surface area contributed by atoms with E-state index >= 15 is 0 Å². The zero-order chi connectivity index (χ0) is 15.5. The molecule has 7 heteroatoms. The molecule has 1 amide bonds. The van der Waals surface area contributed by atoms with E-state index in [9.17, 15) is 18.0 Å². The molecular weight excluding hydrogens is 313 g/mol. The van der Waals surface area contributed by atoms with Crippen LogP contribution in [0.2, 0.25) is 0 Å². The van der Waals surface area contributed by atoms with Crippen molar-refractivity contribution < 1.29 is 18.0 Å². The van der Waals surface area contributed by atoms with E-state index < -0.39 is 17.3 Å². The van der Waals surface area contributed by atoms with E-state index in [-0.39, 0.29) is 10.7 Å². The molecule has 1 aromatic heterocycles. The van der Waals surface area contributed by atoms with Gasteiger partial charge in [-0.1, -0.05) is 0 Å². The predicted molar refractivity (Wildman–Crippen MR) is 74.8 cm³/mol. The third kappa shape index (κ3) is 2.33. The van der Waals surface area contributed by atoms with Crippen molar-refractivity contribution >= 4 is 17.2 Å². The Balaban J connectivity index is 1.62. The Kier molecular flexibility index (Phi) is 3.09. The highest BCUT2D eigenvalue weighted by atomic mass is 32.1. The van der Waals surface area contributed by atoms with Crippen LogP contribution >= 0.6 is 11.3 Å². The van der Waals surface area contributed by atoms with Gasteiger partial charge in [0.1, 0.15) is 5.69 Å². The molecule has 4 aliphatic rings. The summed E-state index contributed by atoms with van der Waals surface area (Å²) in [6, 6.07) is 0. The van der Waals surface area contributed by atoms with E-state index in [2.05, 4.69) is 9.98 Å². The SMILES string of the molecule is O=C(/N=c1/[nH]c(C(F)(F)F)cs1)C12CC3CC(CC(C3)C1)C2. The first-order valence-corrected chi connectivity index (χ1v) is 8.56. The lowest BCUT2D eigenvalue weighted by molar-refractivity contribution is -0.143. The van der Waals surface area contributed by atoms with Crippen LogP contribution in [0.15, 0.2) is 10.4 Å². The van der Waals surface area contributed by atoms with Gasteiger partial charge in [-0.15, -0.1) is 11.3 Å². The van der Waals surface area contributed by atoms with Crippen LogP contribution in [0.5, 0.6) is 0 Å². The molecular formula is C15H17F3N2OS. The van der Waals surface area contributed by atoms with Crippen LogP contribution in [0.4, 0.5) is 13.2 Å². The Morgan fingerprint density at radius 3 is 2.18 bits per heavy atom. The van der Waals surface area contributed by atoms with Gasteiger partial charge in [0.25, 0.3) is 5.91 Å². The number of carbonyl (C=O) groups is 1. The topological polar surface area (TPSA) is 45.2 Å². The van der Waals surface area contributed by atoms with Crippen LogP contribution in [0, 0.1) is 23.2 Å². The maximum Gasteiger partial charge on any atom is 0.432 e. The molecule has 0 spiro atoms. The molecule has 0 unspecified atom stereocenters. The average molecular weight is 330 g/mol. The number of nitrogens with one attached hydrogen (secondary N) is 1. The van der Waals surface area contributed by atoms with Crippen LogP contribution in [-0.4, -0.2) is 10.9 Å². The zero-order valence-electron chi connectivity index (χ0n) is 11.9. The number of halogens is 3. The molecule has 1 aromatic rings. The number of carbonyl (C=O) groups excluding carboxylic acids is 1. The molecule has 1 heterocycles. The van der Waals surface area contributed by atoms with Gasteiger partial charge in [0.15, 0.2) is 4.80 Å². The molecule has 1 N–H and O–H groups in total. The summed E-state index contributed by atoms with van der Waals surface area (Å²) in [6.07, 6.45) is 1.85. The highest BCUT2D eigenvalue weighted by Gasteiger charge is 2.54. The van der Waals surface area contributed by atoms with Gasteiger partial charge in [0, 0.05) is 5.38 Å². The maximum absolute atomic E-state index is 12.7. The summed E-state index contributed by atoms with van der Waals surface area (Å²) >= 11 is 0.846. The second-order valence-corrected chi connectivity index (χ2v) is 8.05. The molecule has 0 radical (unpaired) electrons. The number of H-pyrrole nitrogens is 1. The van der Waals surface area contributed by atoms with Crippen LogP contribution in [0.25, 0.3) is 0 Å². The molecule has 5 rings (SSSR count). The molecule has 3 nitrogen and oxygen atoms in total. The van der Waals surface area contributed by atoms with Gasteiger partial charge in [-0.3, -0.25) is 4.79 Å². The Hall–Kier alpha value is -1.11. The van der Waals surface area contributed by atoms with Crippen LogP contribution < -0.4 is 4.80 Å². The Labute approximate surface area is 129 Å². The molecule has 4 bridgehead atoms. The number of nitrogens with zero attached hydrogens (tertiary/aromatic N) is 1. The van der Waals surface area contributed by atoms with E-state index in [1.807, 2.05) is 0 Å². The summed E-state index contributed by atoms with van der Waals surface area (Å²) in [4.78, 5) is 19.0. The fourth-order valence-electron chi connectivity index (χ4n) is 5.06. The molecule has 4 fully saturated rings. The summed E-state index contributed by atoms with van der Waals surface area (Å²) in [7, 11) is 0.